The number of pyridine rings is 1. The molecule has 1 saturated heterocycles. The Kier molecular flexibility index (Phi) is 4.04. The molecule has 1 unspecified atom stereocenters. The van der Waals surface area contributed by atoms with Crippen LogP contribution in [0, 0.1) is 6.92 Å². The summed E-state index contributed by atoms with van der Waals surface area (Å²) in [6.07, 6.45) is 1.89. The predicted molar refractivity (Wildman–Crippen MR) is 86.0 cm³/mol. The number of piperazine rings is 1. The fraction of sp³-hybridized carbons (Fsp3) is 0.389. The van der Waals surface area contributed by atoms with Crippen LogP contribution in [-0.2, 0) is 12.1 Å². The highest BCUT2D eigenvalue weighted by Crippen LogP contribution is 2.25. The molecule has 110 valence electrons. The fourth-order valence-corrected chi connectivity index (χ4v) is 3.10. The molecule has 1 atom stereocenters. The van der Waals surface area contributed by atoms with E-state index >= 15 is 0 Å². The van der Waals surface area contributed by atoms with Crippen molar-refractivity contribution in [2.75, 3.05) is 19.6 Å². The number of hydrogen-bond donors (Lipinski definition) is 1. The standard InChI is InChI=1S/C18H23N3/c1-15-7-6-10-19-17(15)13-21-12-11-20-18(2,14-21)16-8-4-3-5-9-16/h3-10,20H,11-14H2,1-2H3. The Morgan fingerprint density at radius 3 is 2.76 bits per heavy atom. The molecule has 3 nitrogen and oxygen atoms in total. The summed E-state index contributed by atoms with van der Waals surface area (Å²) >= 11 is 0. The summed E-state index contributed by atoms with van der Waals surface area (Å²) in [4.78, 5) is 7.03. The Morgan fingerprint density at radius 2 is 2.00 bits per heavy atom. The van der Waals surface area contributed by atoms with Gasteiger partial charge in [0.2, 0.25) is 0 Å². The van der Waals surface area contributed by atoms with Crippen LogP contribution in [0.3, 0.4) is 0 Å². The van der Waals surface area contributed by atoms with Crippen LogP contribution < -0.4 is 5.32 Å². The van der Waals surface area contributed by atoms with Gasteiger partial charge in [0, 0.05) is 32.4 Å². The fourth-order valence-electron chi connectivity index (χ4n) is 3.10. The van der Waals surface area contributed by atoms with Crippen LogP contribution in [0.15, 0.2) is 48.7 Å². The normalized spacial score (nSPS) is 23.1. The summed E-state index contributed by atoms with van der Waals surface area (Å²) in [5.74, 6) is 0. The number of nitrogens with zero attached hydrogens (tertiary/aromatic N) is 2. The van der Waals surface area contributed by atoms with Crippen molar-refractivity contribution in [2.45, 2.75) is 25.9 Å². The first-order valence-corrected chi connectivity index (χ1v) is 7.61. The Morgan fingerprint density at radius 1 is 1.19 bits per heavy atom. The number of nitrogens with one attached hydrogen (secondary N) is 1. The van der Waals surface area contributed by atoms with Crippen molar-refractivity contribution < 1.29 is 0 Å². The van der Waals surface area contributed by atoms with E-state index in [1.807, 2.05) is 12.3 Å². The lowest BCUT2D eigenvalue weighted by atomic mass is 9.89. The summed E-state index contributed by atoms with van der Waals surface area (Å²) < 4.78 is 0. The zero-order valence-electron chi connectivity index (χ0n) is 12.8. The third-order valence-corrected chi connectivity index (χ3v) is 4.39. The van der Waals surface area contributed by atoms with E-state index in [4.69, 9.17) is 0 Å². The van der Waals surface area contributed by atoms with Crippen molar-refractivity contribution in [3.05, 3.63) is 65.5 Å². The van der Waals surface area contributed by atoms with E-state index in [9.17, 15) is 0 Å². The molecule has 1 N–H and O–H groups in total. The Labute approximate surface area is 127 Å². The number of benzene rings is 1. The molecular weight excluding hydrogens is 258 g/mol. The van der Waals surface area contributed by atoms with Crippen molar-refractivity contribution >= 4 is 0 Å². The molecule has 1 aliphatic heterocycles. The predicted octanol–water partition coefficient (Wildman–Crippen LogP) is 2.71. The van der Waals surface area contributed by atoms with Crippen LogP contribution in [-0.4, -0.2) is 29.5 Å². The zero-order chi connectivity index (χ0) is 14.7. The van der Waals surface area contributed by atoms with E-state index in [2.05, 4.69) is 65.4 Å². The highest BCUT2D eigenvalue weighted by Gasteiger charge is 2.32. The number of rotatable bonds is 3. The van der Waals surface area contributed by atoms with Crippen molar-refractivity contribution in [3.63, 3.8) is 0 Å². The highest BCUT2D eigenvalue weighted by molar-refractivity contribution is 5.25. The van der Waals surface area contributed by atoms with E-state index in [-0.39, 0.29) is 5.54 Å². The summed E-state index contributed by atoms with van der Waals surface area (Å²) in [6, 6.07) is 14.9. The van der Waals surface area contributed by atoms with E-state index in [1.54, 1.807) is 0 Å². The molecule has 1 aromatic carbocycles. The maximum Gasteiger partial charge on any atom is 0.0573 e. The molecule has 21 heavy (non-hydrogen) atoms. The average Bonchev–Trinajstić information content (AvgIpc) is 2.51. The topological polar surface area (TPSA) is 28.2 Å². The third kappa shape index (κ3) is 3.14. The molecule has 0 radical (unpaired) electrons. The van der Waals surface area contributed by atoms with Gasteiger partial charge in [-0.2, -0.15) is 0 Å². The van der Waals surface area contributed by atoms with Gasteiger partial charge >= 0.3 is 0 Å². The molecule has 2 heterocycles. The Hall–Kier alpha value is -1.71. The maximum absolute atomic E-state index is 4.53. The van der Waals surface area contributed by atoms with Crippen LogP contribution in [0.5, 0.6) is 0 Å². The van der Waals surface area contributed by atoms with Gasteiger partial charge in [-0.3, -0.25) is 9.88 Å². The van der Waals surface area contributed by atoms with Crippen LogP contribution in [0.4, 0.5) is 0 Å². The van der Waals surface area contributed by atoms with Gasteiger partial charge in [-0.05, 0) is 31.0 Å². The third-order valence-electron chi connectivity index (χ3n) is 4.39. The molecule has 1 aromatic heterocycles. The van der Waals surface area contributed by atoms with Crippen LogP contribution >= 0.6 is 0 Å². The Bertz CT molecular complexity index is 596. The SMILES string of the molecule is Cc1cccnc1CN1CCNC(C)(c2ccccc2)C1. The van der Waals surface area contributed by atoms with Gasteiger partial charge in [0.15, 0.2) is 0 Å². The van der Waals surface area contributed by atoms with Gasteiger partial charge < -0.3 is 5.32 Å². The highest BCUT2D eigenvalue weighted by atomic mass is 15.2. The molecule has 0 spiro atoms. The van der Waals surface area contributed by atoms with Crippen LogP contribution in [0.1, 0.15) is 23.7 Å². The van der Waals surface area contributed by atoms with Gasteiger partial charge in [-0.25, -0.2) is 0 Å². The van der Waals surface area contributed by atoms with Crippen LogP contribution in [0.2, 0.25) is 0 Å². The Balaban J connectivity index is 1.76. The lowest BCUT2D eigenvalue weighted by molar-refractivity contribution is 0.135. The monoisotopic (exact) mass is 281 g/mol. The number of aromatic nitrogens is 1. The summed E-state index contributed by atoms with van der Waals surface area (Å²) in [5, 5.41) is 3.68. The van der Waals surface area contributed by atoms with E-state index in [0.717, 1.165) is 26.2 Å². The van der Waals surface area contributed by atoms with E-state index < -0.39 is 0 Å². The molecule has 2 aromatic rings. The summed E-state index contributed by atoms with van der Waals surface area (Å²) in [5.41, 5.74) is 3.84. The first-order chi connectivity index (χ1) is 10.2. The second-order valence-corrected chi connectivity index (χ2v) is 6.10. The number of aryl methyl sites for hydroxylation is 1. The molecule has 0 amide bonds. The van der Waals surface area contributed by atoms with Crippen molar-refractivity contribution in [3.8, 4) is 0 Å². The molecule has 0 bridgehead atoms. The first-order valence-electron chi connectivity index (χ1n) is 7.61. The van der Waals surface area contributed by atoms with Gasteiger partial charge in [0.25, 0.3) is 0 Å². The lowest BCUT2D eigenvalue weighted by Crippen LogP contribution is -2.56. The number of hydrogen-bond acceptors (Lipinski definition) is 3. The second kappa shape index (κ2) is 5.96. The molecular formula is C18H23N3. The molecule has 1 aliphatic rings. The van der Waals surface area contributed by atoms with Gasteiger partial charge in [-0.15, -0.1) is 0 Å². The van der Waals surface area contributed by atoms with Crippen molar-refractivity contribution in [2.24, 2.45) is 0 Å². The van der Waals surface area contributed by atoms with Crippen molar-refractivity contribution in [1.29, 1.82) is 0 Å². The summed E-state index contributed by atoms with van der Waals surface area (Å²) in [7, 11) is 0. The van der Waals surface area contributed by atoms with E-state index in [0.29, 0.717) is 0 Å². The van der Waals surface area contributed by atoms with Crippen LogP contribution in [0.25, 0.3) is 0 Å². The zero-order valence-corrected chi connectivity index (χ0v) is 12.8. The molecule has 0 saturated carbocycles. The largest absolute Gasteiger partial charge is 0.305 e. The second-order valence-electron chi connectivity index (χ2n) is 6.10. The smallest absolute Gasteiger partial charge is 0.0573 e. The van der Waals surface area contributed by atoms with E-state index in [1.165, 1.54) is 16.8 Å². The van der Waals surface area contributed by atoms with Gasteiger partial charge in [0.1, 0.15) is 0 Å². The summed E-state index contributed by atoms with van der Waals surface area (Å²) in [6.45, 7) is 8.44. The molecule has 3 rings (SSSR count). The minimum absolute atomic E-state index is 0.0161. The maximum atomic E-state index is 4.53. The minimum Gasteiger partial charge on any atom is -0.305 e. The minimum atomic E-state index is 0.0161. The molecule has 3 heteroatoms. The van der Waals surface area contributed by atoms with Gasteiger partial charge in [0.05, 0.1) is 11.2 Å². The quantitative estimate of drug-likeness (QED) is 0.937. The average molecular weight is 281 g/mol. The molecule has 0 aliphatic carbocycles. The molecule has 1 fully saturated rings. The van der Waals surface area contributed by atoms with Gasteiger partial charge in [-0.1, -0.05) is 36.4 Å². The van der Waals surface area contributed by atoms with Crippen molar-refractivity contribution in [1.82, 2.24) is 15.2 Å². The first kappa shape index (κ1) is 14.2. The lowest BCUT2D eigenvalue weighted by Gasteiger charge is -2.42.